The van der Waals surface area contributed by atoms with E-state index in [0.29, 0.717) is 17.9 Å². The Morgan fingerprint density at radius 3 is 2.24 bits per heavy atom. The van der Waals surface area contributed by atoms with E-state index < -0.39 is 10.0 Å². The van der Waals surface area contributed by atoms with Crippen LogP contribution in [0.15, 0.2) is 17.0 Å². The fraction of sp³-hybridized carbons (Fsp3) is 0.600. The van der Waals surface area contributed by atoms with Gasteiger partial charge in [0.25, 0.3) is 0 Å². The first-order valence-corrected chi connectivity index (χ1v) is 8.49. The lowest BCUT2D eigenvalue weighted by molar-refractivity contribution is 0.382. The van der Waals surface area contributed by atoms with Crippen molar-refractivity contribution in [3.05, 3.63) is 17.7 Å². The first-order valence-electron chi connectivity index (χ1n) is 7.05. The molecule has 1 aromatic carbocycles. The van der Waals surface area contributed by atoms with Gasteiger partial charge in [0.1, 0.15) is 16.4 Å². The van der Waals surface area contributed by atoms with E-state index >= 15 is 0 Å². The van der Waals surface area contributed by atoms with E-state index in [4.69, 9.17) is 9.47 Å². The Morgan fingerprint density at radius 2 is 1.76 bits per heavy atom. The number of benzene rings is 1. The highest BCUT2D eigenvalue weighted by atomic mass is 32.2. The van der Waals surface area contributed by atoms with Crippen LogP contribution in [0.4, 0.5) is 0 Å². The molecule has 0 heterocycles. The van der Waals surface area contributed by atoms with Crippen molar-refractivity contribution in [3.63, 3.8) is 0 Å². The monoisotopic (exact) mass is 315 g/mol. The van der Waals surface area contributed by atoms with E-state index in [2.05, 4.69) is 6.92 Å². The van der Waals surface area contributed by atoms with Gasteiger partial charge in [-0.05, 0) is 24.5 Å². The van der Waals surface area contributed by atoms with Crippen LogP contribution in [0.5, 0.6) is 11.5 Å². The van der Waals surface area contributed by atoms with Gasteiger partial charge in [0.05, 0.1) is 14.2 Å². The number of nitrogens with zero attached hydrogens (tertiary/aromatic N) is 1. The van der Waals surface area contributed by atoms with Gasteiger partial charge in [0.15, 0.2) is 0 Å². The van der Waals surface area contributed by atoms with E-state index in [1.165, 1.54) is 25.5 Å². The minimum Gasteiger partial charge on any atom is -0.497 e. The third-order valence-electron chi connectivity index (χ3n) is 3.35. The zero-order valence-electron chi connectivity index (χ0n) is 13.5. The molecule has 0 saturated carbocycles. The van der Waals surface area contributed by atoms with Gasteiger partial charge < -0.3 is 9.47 Å². The predicted molar refractivity (Wildman–Crippen MR) is 83.6 cm³/mol. The van der Waals surface area contributed by atoms with E-state index in [1.807, 2.05) is 0 Å². The molecular formula is C15H25NO4S. The standard InChI is InChI=1S/C15H25NO4S/c1-6-7-8-9-12-10-13(19-4)11-14(20-5)15(12)21(17,18)16(2)3/h10-11H,6-9H2,1-5H3. The molecule has 0 amide bonds. The summed E-state index contributed by atoms with van der Waals surface area (Å²) in [5, 5.41) is 0. The van der Waals surface area contributed by atoms with Crippen molar-refractivity contribution in [2.24, 2.45) is 0 Å². The lowest BCUT2D eigenvalue weighted by Crippen LogP contribution is -2.24. The summed E-state index contributed by atoms with van der Waals surface area (Å²) in [4.78, 5) is 0.243. The van der Waals surface area contributed by atoms with Gasteiger partial charge in [0, 0.05) is 20.2 Å². The average molecular weight is 315 g/mol. The van der Waals surface area contributed by atoms with Gasteiger partial charge in [0.2, 0.25) is 10.0 Å². The van der Waals surface area contributed by atoms with Crippen LogP contribution in [-0.2, 0) is 16.4 Å². The quantitative estimate of drug-likeness (QED) is 0.692. The summed E-state index contributed by atoms with van der Waals surface area (Å²) in [5.74, 6) is 0.936. The molecule has 0 N–H and O–H groups in total. The second kappa shape index (κ2) is 7.66. The van der Waals surface area contributed by atoms with Crippen molar-refractivity contribution in [1.29, 1.82) is 0 Å². The topological polar surface area (TPSA) is 55.8 Å². The summed E-state index contributed by atoms with van der Waals surface area (Å²) in [6.07, 6.45) is 3.75. The van der Waals surface area contributed by atoms with Crippen LogP contribution in [0.3, 0.4) is 0 Å². The molecule has 0 unspecified atom stereocenters. The molecule has 0 atom stereocenters. The summed E-state index contributed by atoms with van der Waals surface area (Å²) in [7, 11) is 2.52. The second-order valence-corrected chi connectivity index (χ2v) is 7.15. The fourth-order valence-corrected chi connectivity index (χ4v) is 3.38. The molecule has 1 rings (SSSR count). The molecule has 0 saturated heterocycles. The first-order chi connectivity index (χ1) is 9.88. The Balaban J connectivity index is 3.42. The van der Waals surface area contributed by atoms with Crippen molar-refractivity contribution >= 4 is 10.0 Å². The molecule has 0 aliphatic heterocycles. The highest BCUT2D eigenvalue weighted by Gasteiger charge is 2.26. The van der Waals surface area contributed by atoms with Gasteiger partial charge in [-0.25, -0.2) is 12.7 Å². The van der Waals surface area contributed by atoms with Crippen molar-refractivity contribution in [2.75, 3.05) is 28.3 Å². The summed E-state index contributed by atoms with van der Waals surface area (Å²) in [5.41, 5.74) is 0.744. The maximum absolute atomic E-state index is 12.6. The Hall–Kier alpha value is -1.27. The normalized spacial score (nSPS) is 11.7. The molecule has 0 aliphatic rings. The number of unbranched alkanes of at least 4 members (excludes halogenated alkanes) is 2. The number of ether oxygens (including phenoxy) is 2. The van der Waals surface area contributed by atoms with Crippen LogP contribution in [0.2, 0.25) is 0 Å². The van der Waals surface area contributed by atoms with E-state index in [1.54, 1.807) is 19.2 Å². The van der Waals surface area contributed by atoms with Gasteiger partial charge in [-0.3, -0.25) is 0 Å². The van der Waals surface area contributed by atoms with Crippen LogP contribution in [-0.4, -0.2) is 41.0 Å². The van der Waals surface area contributed by atoms with E-state index in [0.717, 1.165) is 24.8 Å². The number of rotatable bonds is 8. The fourth-order valence-electron chi connectivity index (χ4n) is 2.13. The summed E-state index contributed by atoms with van der Waals surface area (Å²) in [6, 6.07) is 3.40. The Labute approximate surface area is 127 Å². The van der Waals surface area contributed by atoms with Crippen molar-refractivity contribution < 1.29 is 17.9 Å². The summed E-state index contributed by atoms with van der Waals surface area (Å²) < 4.78 is 36.9. The number of hydrogen-bond donors (Lipinski definition) is 0. The Kier molecular flexibility index (Phi) is 6.48. The number of aryl methyl sites for hydroxylation is 1. The van der Waals surface area contributed by atoms with Crippen molar-refractivity contribution in [1.82, 2.24) is 4.31 Å². The van der Waals surface area contributed by atoms with E-state index in [-0.39, 0.29) is 4.90 Å². The zero-order valence-corrected chi connectivity index (χ0v) is 14.3. The maximum Gasteiger partial charge on any atom is 0.246 e. The van der Waals surface area contributed by atoms with Gasteiger partial charge >= 0.3 is 0 Å². The lowest BCUT2D eigenvalue weighted by Gasteiger charge is -2.19. The molecule has 0 aromatic heterocycles. The van der Waals surface area contributed by atoms with Gasteiger partial charge in [-0.15, -0.1) is 0 Å². The van der Waals surface area contributed by atoms with Crippen LogP contribution < -0.4 is 9.47 Å². The SMILES string of the molecule is CCCCCc1cc(OC)cc(OC)c1S(=O)(=O)N(C)C. The van der Waals surface area contributed by atoms with Gasteiger partial charge in [-0.2, -0.15) is 0 Å². The lowest BCUT2D eigenvalue weighted by atomic mass is 10.1. The van der Waals surface area contributed by atoms with E-state index in [9.17, 15) is 8.42 Å². The molecule has 0 radical (unpaired) electrons. The number of hydrogen-bond acceptors (Lipinski definition) is 4. The average Bonchev–Trinajstić information content (AvgIpc) is 2.46. The Morgan fingerprint density at radius 1 is 1.10 bits per heavy atom. The molecule has 120 valence electrons. The zero-order chi connectivity index (χ0) is 16.0. The highest BCUT2D eigenvalue weighted by Crippen LogP contribution is 2.34. The van der Waals surface area contributed by atoms with Crippen molar-refractivity contribution in [3.8, 4) is 11.5 Å². The third-order valence-corrected chi connectivity index (χ3v) is 5.29. The summed E-state index contributed by atoms with van der Waals surface area (Å²) in [6.45, 7) is 2.11. The number of sulfonamides is 1. The molecule has 0 bridgehead atoms. The molecule has 21 heavy (non-hydrogen) atoms. The third kappa shape index (κ3) is 4.11. The minimum absolute atomic E-state index is 0.243. The number of methoxy groups -OCH3 is 2. The first kappa shape index (κ1) is 17.8. The van der Waals surface area contributed by atoms with Crippen LogP contribution in [0, 0.1) is 0 Å². The predicted octanol–water partition coefficient (Wildman–Crippen LogP) is 2.69. The minimum atomic E-state index is -3.56. The smallest absolute Gasteiger partial charge is 0.246 e. The molecular weight excluding hydrogens is 290 g/mol. The molecule has 6 heteroatoms. The molecule has 0 fully saturated rings. The molecule has 1 aromatic rings. The van der Waals surface area contributed by atoms with Gasteiger partial charge in [-0.1, -0.05) is 19.8 Å². The van der Waals surface area contributed by atoms with Crippen LogP contribution in [0.25, 0.3) is 0 Å². The second-order valence-electron chi connectivity index (χ2n) is 5.06. The Bertz CT molecular complexity index is 567. The largest absolute Gasteiger partial charge is 0.497 e. The summed E-state index contributed by atoms with van der Waals surface area (Å²) >= 11 is 0. The molecule has 0 aliphatic carbocycles. The van der Waals surface area contributed by atoms with Crippen molar-refractivity contribution in [2.45, 2.75) is 37.5 Å². The van der Waals surface area contributed by atoms with Crippen LogP contribution >= 0.6 is 0 Å². The highest BCUT2D eigenvalue weighted by molar-refractivity contribution is 7.89. The maximum atomic E-state index is 12.6. The molecule has 0 spiro atoms. The van der Waals surface area contributed by atoms with Crippen LogP contribution in [0.1, 0.15) is 31.7 Å². The molecule has 5 nitrogen and oxygen atoms in total.